The average Bonchev–Trinajstić information content (AvgIpc) is 3.66. The molecule has 2 heterocycles. The first kappa shape index (κ1) is 26.5. The van der Waals surface area contributed by atoms with Crippen LogP contribution in [0.25, 0.3) is 11.3 Å². The van der Waals surface area contributed by atoms with Crippen molar-refractivity contribution in [3.05, 3.63) is 64.8 Å². The average molecular weight is 557 g/mol. The van der Waals surface area contributed by atoms with Crippen molar-refractivity contribution in [1.29, 1.82) is 0 Å². The van der Waals surface area contributed by atoms with Crippen LogP contribution in [0.15, 0.2) is 59.1 Å². The van der Waals surface area contributed by atoms with Crippen molar-refractivity contribution in [1.82, 2.24) is 4.98 Å². The highest BCUT2D eigenvalue weighted by Crippen LogP contribution is 2.48. The molecular weight excluding hydrogens is 525 g/mol. The molecule has 2 saturated carbocycles. The largest absolute Gasteiger partial charge is 0.573 e. The number of halogens is 3. The topological polar surface area (TPSA) is 93.7 Å². The molecule has 1 aliphatic heterocycles. The van der Waals surface area contributed by atoms with E-state index in [9.17, 15) is 23.3 Å². The molecule has 3 aliphatic rings. The lowest BCUT2D eigenvalue weighted by Gasteiger charge is -2.39. The maximum atomic E-state index is 12.4. The van der Waals surface area contributed by atoms with Gasteiger partial charge in [0.25, 0.3) is 11.7 Å². The Hall–Kier alpha value is -3.76. The van der Waals surface area contributed by atoms with Gasteiger partial charge in [-0.2, -0.15) is 0 Å². The van der Waals surface area contributed by atoms with E-state index < -0.39 is 6.36 Å². The summed E-state index contributed by atoms with van der Waals surface area (Å²) in [6.45, 7) is 1.01. The Balaban J connectivity index is 1.09. The van der Waals surface area contributed by atoms with E-state index in [0.29, 0.717) is 41.1 Å². The summed E-state index contributed by atoms with van der Waals surface area (Å²) in [7, 11) is 0. The first-order chi connectivity index (χ1) is 19.2. The van der Waals surface area contributed by atoms with Crippen molar-refractivity contribution < 1.29 is 27.2 Å². The number of oxazole rings is 1. The van der Waals surface area contributed by atoms with Gasteiger partial charge in [-0.25, -0.2) is 4.98 Å². The maximum Gasteiger partial charge on any atom is 0.573 e. The van der Waals surface area contributed by atoms with Gasteiger partial charge in [-0.05, 0) is 86.3 Å². The second-order valence-electron chi connectivity index (χ2n) is 11.2. The van der Waals surface area contributed by atoms with E-state index in [4.69, 9.17) is 4.42 Å². The van der Waals surface area contributed by atoms with Gasteiger partial charge in [0.1, 0.15) is 5.75 Å². The number of anilines is 2. The van der Waals surface area contributed by atoms with Crippen LogP contribution in [0.2, 0.25) is 0 Å². The number of nitro groups is 1. The Morgan fingerprint density at radius 1 is 1.05 bits per heavy atom. The van der Waals surface area contributed by atoms with Gasteiger partial charge in [-0.1, -0.05) is 12.8 Å². The van der Waals surface area contributed by atoms with Crippen molar-refractivity contribution in [3.8, 4) is 17.1 Å². The monoisotopic (exact) mass is 556 g/mol. The molecule has 0 radical (unpaired) electrons. The minimum absolute atomic E-state index is 0.114. The molecular formula is C29H31F3N4O4. The summed E-state index contributed by atoms with van der Waals surface area (Å²) >= 11 is 0. The third-order valence-electron chi connectivity index (χ3n) is 8.70. The van der Waals surface area contributed by atoms with Crippen LogP contribution in [0, 0.1) is 27.9 Å². The summed E-state index contributed by atoms with van der Waals surface area (Å²) in [4.78, 5) is 17.5. The number of non-ortho nitro benzene ring substituents is 1. The van der Waals surface area contributed by atoms with Gasteiger partial charge >= 0.3 is 6.36 Å². The van der Waals surface area contributed by atoms with Gasteiger partial charge in [-0.3, -0.25) is 10.1 Å². The Morgan fingerprint density at radius 3 is 2.50 bits per heavy atom. The third kappa shape index (κ3) is 5.73. The van der Waals surface area contributed by atoms with E-state index in [1.165, 1.54) is 43.5 Å². The zero-order valence-corrected chi connectivity index (χ0v) is 21.8. The number of nitro benzene ring substituents is 1. The molecule has 3 aromatic rings. The highest BCUT2D eigenvalue weighted by atomic mass is 19.4. The number of aromatic nitrogens is 1. The van der Waals surface area contributed by atoms with Gasteiger partial charge in [0.2, 0.25) is 0 Å². The number of ether oxygens (including phenoxy) is 1. The summed E-state index contributed by atoms with van der Waals surface area (Å²) in [6, 6.07) is 13.6. The minimum Gasteiger partial charge on any atom is -0.424 e. The number of alkyl halides is 3. The molecule has 0 spiro atoms. The van der Waals surface area contributed by atoms with Crippen LogP contribution in [-0.2, 0) is 0 Å². The first-order valence-corrected chi connectivity index (χ1v) is 13.8. The van der Waals surface area contributed by atoms with Crippen LogP contribution in [0.5, 0.6) is 5.75 Å². The van der Waals surface area contributed by atoms with E-state index in [2.05, 4.69) is 19.9 Å². The minimum atomic E-state index is -4.73. The number of hydrogen-bond donors (Lipinski definition) is 1. The van der Waals surface area contributed by atoms with Crippen molar-refractivity contribution in [2.45, 2.75) is 63.4 Å². The maximum absolute atomic E-state index is 12.4. The lowest BCUT2D eigenvalue weighted by Crippen LogP contribution is -2.41. The zero-order valence-electron chi connectivity index (χ0n) is 21.8. The molecule has 11 heteroatoms. The molecule has 40 heavy (non-hydrogen) atoms. The Morgan fingerprint density at radius 2 is 1.80 bits per heavy atom. The quantitative estimate of drug-likeness (QED) is 0.228. The summed E-state index contributed by atoms with van der Waals surface area (Å²) in [6.07, 6.45) is 4.83. The predicted molar refractivity (Wildman–Crippen MR) is 143 cm³/mol. The highest BCUT2D eigenvalue weighted by molar-refractivity contribution is 5.58. The lowest BCUT2D eigenvalue weighted by molar-refractivity contribution is -0.384. The molecule has 3 fully saturated rings. The summed E-state index contributed by atoms with van der Waals surface area (Å²) in [5, 5.41) is 14.6. The van der Waals surface area contributed by atoms with Crippen molar-refractivity contribution in [2.24, 2.45) is 17.8 Å². The second kappa shape index (κ2) is 10.7. The normalized spacial score (nSPS) is 26.2. The summed E-state index contributed by atoms with van der Waals surface area (Å²) in [5.74, 6) is 1.89. The Bertz CT molecular complexity index is 1330. The van der Waals surface area contributed by atoms with E-state index in [1.807, 2.05) is 12.1 Å². The van der Waals surface area contributed by atoms with Gasteiger partial charge in [0.15, 0.2) is 5.76 Å². The first-order valence-electron chi connectivity index (χ1n) is 13.8. The van der Waals surface area contributed by atoms with Crippen LogP contribution < -0.4 is 15.0 Å². The molecule has 2 aliphatic carbocycles. The Labute approximate surface area is 229 Å². The highest BCUT2D eigenvalue weighted by Gasteiger charge is 2.46. The number of rotatable bonds is 8. The molecule has 1 N–H and O–H groups in total. The molecule has 5 atom stereocenters. The standard InChI is InChI=1S/C29H31F3N4O4/c30-29(31,32)40-24-11-5-19(6-12-24)27-16-33-28(39-27)34-25-4-2-1-3-20(25)15-21-13-18-14-26(21)35(17-18)22-7-9-23(10-8-22)36(37)38/h5-12,16,18,20-21,25-26H,1-4,13-15,17H2,(H,33,34)/t18-,20+,21-,25-,26-/m1/s1. The fourth-order valence-electron chi connectivity index (χ4n) is 7.00. The second-order valence-corrected chi connectivity index (χ2v) is 11.2. The van der Waals surface area contributed by atoms with Gasteiger partial charge in [-0.15, -0.1) is 13.2 Å². The molecule has 1 saturated heterocycles. The molecule has 1 aromatic heterocycles. The number of piperidine rings is 1. The van der Waals surface area contributed by atoms with Gasteiger partial charge in [0, 0.05) is 42.0 Å². The van der Waals surface area contributed by atoms with Crippen LogP contribution in [0.1, 0.15) is 44.9 Å². The third-order valence-corrected chi connectivity index (χ3v) is 8.70. The fourth-order valence-corrected chi connectivity index (χ4v) is 7.00. The molecule has 0 unspecified atom stereocenters. The van der Waals surface area contributed by atoms with Gasteiger partial charge in [0.05, 0.1) is 11.1 Å². The van der Waals surface area contributed by atoms with Gasteiger partial charge < -0.3 is 19.4 Å². The van der Waals surface area contributed by atoms with Crippen molar-refractivity contribution >= 4 is 17.4 Å². The number of nitrogens with one attached hydrogen (secondary N) is 1. The number of nitrogens with zero attached hydrogens (tertiary/aromatic N) is 3. The van der Waals surface area contributed by atoms with Crippen molar-refractivity contribution in [3.63, 3.8) is 0 Å². The lowest BCUT2D eigenvalue weighted by atomic mass is 9.77. The van der Waals surface area contributed by atoms with E-state index in [0.717, 1.165) is 37.9 Å². The molecule has 8 nitrogen and oxygen atoms in total. The predicted octanol–water partition coefficient (Wildman–Crippen LogP) is 7.42. The number of fused-ring (bicyclic) bond motifs is 2. The molecule has 6 rings (SSSR count). The van der Waals surface area contributed by atoms with E-state index >= 15 is 0 Å². The van der Waals surface area contributed by atoms with E-state index in [1.54, 1.807) is 18.3 Å². The molecule has 2 bridgehead atoms. The van der Waals surface area contributed by atoms with Crippen LogP contribution >= 0.6 is 0 Å². The SMILES string of the molecule is O=[N+]([O-])c1ccc(N2C[C@@H]3C[C@H](C[C@@H]4CCCC[C@H]4Nc4ncc(-c5ccc(OC(F)(F)F)cc5)o4)[C@H]2C3)cc1. The zero-order chi connectivity index (χ0) is 27.9. The van der Waals surface area contributed by atoms with Crippen LogP contribution in [0.3, 0.4) is 0 Å². The summed E-state index contributed by atoms with van der Waals surface area (Å²) < 4.78 is 47.2. The van der Waals surface area contributed by atoms with Crippen LogP contribution in [-0.4, -0.2) is 34.9 Å². The smallest absolute Gasteiger partial charge is 0.424 e. The fraction of sp³-hybridized carbons (Fsp3) is 0.483. The number of benzene rings is 2. The van der Waals surface area contributed by atoms with Crippen molar-refractivity contribution in [2.75, 3.05) is 16.8 Å². The Kier molecular flexibility index (Phi) is 7.06. The molecule has 0 amide bonds. The molecule has 212 valence electrons. The number of hydrogen-bond acceptors (Lipinski definition) is 7. The van der Waals surface area contributed by atoms with E-state index in [-0.39, 0.29) is 22.4 Å². The summed E-state index contributed by atoms with van der Waals surface area (Å²) in [5.41, 5.74) is 1.79. The molecule has 2 aromatic carbocycles. The van der Waals surface area contributed by atoms with Crippen LogP contribution in [0.4, 0.5) is 30.6 Å².